The molecule has 0 N–H and O–H groups in total. The molecule has 0 aliphatic carbocycles. The van der Waals surface area contributed by atoms with Gasteiger partial charge in [-0.25, -0.2) is 4.79 Å². The van der Waals surface area contributed by atoms with E-state index in [4.69, 9.17) is 20.8 Å². The highest BCUT2D eigenvalue weighted by atomic mass is 35.5. The molecule has 0 radical (unpaired) electrons. The Morgan fingerprint density at radius 3 is 2.61 bits per heavy atom. The number of carbonyl (C=O) groups is 2. The zero-order chi connectivity index (χ0) is 13.3. The maximum atomic E-state index is 11.4. The van der Waals surface area contributed by atoms with E-state index in [9.17, 15) is 14.4 Å². The van der Waals surface area contributed by atoms with E-state index >= 15 is 0 Å². The third-order valence-corrected chi connectivity index (χ3v) is 2.38. The van der Waals surface area contributed by atoms with Crippen LogP contribution in [0.15, 0.2) is 33.5 Å². The molecule has 92 valence electrons. The van der Waals surface area contributed by atoms with Gasteiger partial charge in [0, 0.05) is 12.3 Å². The maximum absolute atomic E-state index is 11.4. The predicted octanol–water partition coefficient (Wildman–Crippen LogP) is 2.10. The van der Waals surface area contributed by atoms with E-state index in [0.717, 1.165) is 0 Å². The van der Waals surface area contributed by atoms with Crippen molar-refractivity contribution in [2.24, 2.45) is 0 Å². The molecule has 5 nitrogen and oxygen atoms in total. The number of hydrogen-bond donors (Lipinski definition) is 0. The molecule has 0 amide bonds. The number of ether oxygens (including phenoxy) is 1. The van der Waals surface area contributed by atoms with Crippen molar-refractivity contribution in [3.8, 4) is 5.75 Å². The van der Waals surface area contributed by atoms with Crippen LogP contribution in [0.1, 0.15) is 17.3 Å². The Labute approximate surface area is 106 Å². The molecule has 18 heavy (non-hydrogen) atoms. The van der Waals surface area contributed by atoms with Crippen molar-refractivity contribution >= 4 is 33.8 Å². The van der Waals surface area contributed by atoms with Crippen molar-refractivity contribution in [3.63, 3.8) is 0 Å². The molecule has 6 heteroatoms. The quantitative estimate of drug-likeness (QED) is 0.360. The molecule has 0 unspecified atom stereocenters. The maximum Gasteiger partial charge on any atom is 0.348 e. The number of benzene rings is 1. The van der Waals surface area contributed by atoms with Crippen molar-refractivity contribution in [1.29, 1.82) is 0 Å². The van der Waals surface area contributed by atoms with E-state index in [-0.39, 0.29) is 16.9 Å². The normalized spacial score (nSPS) is 10.3. The van der Waals surface area contributed by atoms with Crippen LogP contribution in [0.3, 0.4) is 0 Å². The van der Waals surface area contributed by atoms with E-state index in [0.29, 0.717) is 5.39 Å². The van der Waals surface area contributed by atoms with Crippen molar-refractivity contribution in [2.75, 3.05) is 0 Å². The van der Waals surface area contributed by atoms with Gasteiger partial charge in [0.15, 0.2) is 0 Å². The first kappa shape index (κ1) is 12.3. The molecule has 1 heterocycles. The van der Waals surface area contributed by atoms with Crippen molar-refractivity contribution in [2.45, 2.75) is 6.92 Å². The summed E-state index contributed by atoms with van der Waals surface area (Å²) in [6.07, 6.45) is 0. The van der Waals surface area contributed by atoms with Gasteiger partial charge in [-0.05, 0) is 35.9 Å². The number of fused-ring (bicyclic) bond motifs is 1. The van der Waals surface area contributed by atoms with Gasteiger partial charge in [0.1, 0.15) is 16.9 Å². The van der Waals surface area contributed by atoms with Crippen LogP contribution in [0, 0.1) is 0 Å². The molecule has 1 aromatic heterocycles. The van der Waals surface area contributed by atoms with Crippen LogP contribution in [0.2, 0.25) is 0 Å². The van der Waals surface area contributed by atoms with Crippen LogP contribution < -0.4 is 10.4 Å². The minimum absolute atomic E-state index is 0.260. The highest BCUT2D eigenvalue weighted by Gasteiger charge is 2.11. The number of rotatable bonds is 2. The predicted molar refractivity (Wildman–Crippen MR) is 64.0 cm³/mol. The second-order valence-electron chi connectivity index (χ2n) is 3.51. The first-order chi connectivity index (χ1) is 8.47. The van der Waals surface area contributed by atoms with E-state index < -0.39 is 16.8 Å². The fraction of sp³-hybridized carbons (Fsp3) is 0.0833. The van der Waals surface area contributed by atoms with Crippen molar-refractivity contribution < 1.29 is 18.7 Å². The lowest BCUT2D eigenvalue weighted by Crippen LogP contribution is -2.09. The fourth-order valence-electron chi connectivity index (χ4n) is 1.47. The van der Waals surface area contributed by atoms with Gasteiger partial charge in [-0.3, -0.25) is 9.59 Å². The van der Waals surface area contributed by atoms with Crippen LogP contribution in [0.25, 0.3) is 11.0 Å². The molecular formula is C12H7ClO5. The van der Waals surface area contributed by atoms with Gasteiger partial charge in [-0.2, -0.15) is 0 Å². The monoisotopic (exact) mass is 266 g/mol. The first-order valence-corrected chi connectivity index (χ1v) is 5.31. The Kier molecular flexibility index (Phi) is 3.16. The lowest BCUT2D eigenvalue weighted by atomic mass is 10.2. The number of esters is 1. The summed E-state index contributed by atoms with van der Waals surface area (Å²) in [6.45, 7) is 1.27. The standard InChI is InChI=1S/C12H7ClO5/c1-6(14)17-8-2-3-10-7(4-8)5-9(11(13)15)12(16)18-10/h2-5H,1H3. The van der Waals surface area contributed by atoms with Crippen LogP contribution in [-0.2, 0) is 4.79 Å². The van der Waals surface area contributed by atoms with Crippen LogP contribution in [-0.4, -0.2) is 11.2 Å². The van der Waals surface area contributed by atoms with Gasteiger partial charge in [0.05, 0.1) is 0 Å². The summed E-state index contributed by atoms with van der Waals surface area (Å²) in [5.74, 6) is -0.183. The van der Waals surface area contributed by atoms with Gasteiger partial charge in [-0.15, -0.1) is 0 Å². The fourth-order valence-corrected chi connectivity index (χ4v) is 1.60. The number of halogens is 1. The summed E-state index contributed by atoms with van der Waals surface area (Å²) in [6, 6.07) is 5.72. The topological polar surface area (TPSA) is 73.6 Å². The molecule has 0 aliphatic heterocycles. The summed E-state index contributed by atoms with van der Waals surface area (Å²) < 4.78 is 9.79. The molecular weight excluding hydrogens is 260 g/mol. The number of carbonyl (C=O) groups excluding carboxylic acids is 2. The third kappa shape index (κ3) is 2.41. The average molecular weight is 267 g/mol. The summed E-state index contributed by atoms with van der Waals surface area (Å²) in [5, 5.41) is -0.458. The Bertz CT molecular complexity index is 701. The lowest BCUT2D eigenvalue weighted by Gasteiger charge is -2.03. The molecule has 0 fully saturated rings. The SMILES string of the molecule is CC(=O)Oc1ccc2oc(=O)c(C(=O)Cl)cc2c1. The molecule has 0 atom stereocenters. The molecule has 0 saturated carbocycles. The molecule has 0 spiro atoms. The Hall–Kier alpha value is -2.14. The third-order valence-electron chi connectivity index (χ3n) is 2.18. The lowest BCUT2D eigenvalue weighted by molar-refractivity contribution is -0.131. The van der Waals surface area contributed by atoms with Gasteiger partial charge in [0.25, 0.3) is 5.24 Å². The Morgan fingerprint density at radius 2 is 2.00 bits per heavy atom. The highest BCUT2D eigenvalue weighted by molar-refractivity contribution is 6.67. The second-order valence-corrected chi connectivity index (χ2v) is 3.86. The minimum atomic E-state index is -0.900. The minimum Gasteiger partial charge on any atom is -0.427 e. The van der Waals surface area contributed by atoms with Crippen LogP contribution in [0.4, 0.5) is 0 Å². The summed E-state index contributed by atoms with van der Waals surface area (Å²) in [7, 11) is 0. The van der Waals surface area contributed by atoms with Gasteiger partial charge in [0.2, 0.25) is 0 Å². The van der Waals surface area contributed by atoms with Crippen molar-refractivity contribution in [1.82, 2.24) is 0 Å². The van der Waals surface area contributed by atoms with Crippen LogP contribution in [0.5, 0.6) is 5.75 Å². The van der Waals surface area contributed by atoms with E-state index in [1.807, 2.05) is 0 Å². The molecule has 2 rings (SSSR count). The number of hydrogen-bond acceptors (Lipinski definition) is 5. The zero-order valence-electron chi connectivity index (χ0n) is 9.23. The molecule has 1 aromatic carbocycles. The average Bonchev–Trinajstić information content (AvgIpc) is 2.27. The van der Waals surface area contributed by atoms with Gasteiger partial charge < -0.3 is 9.15 Å². The first-order valence-electron chi connectivity index (χ1n) is 4.93. The summed E-state index contributed by atoms with van der Waals surface area (Å²) in [4.78, 5) is 33.2. The Morgan fingerprint density at radius 1 is 1.28 bits per heavy atom. The van der Waals surface area contributed by atoms with E-state index in [2.05, 4.69) is 0 Å². The molecule has 2 aromatic rings. The van der Waals surface area contributed by atoms with E-state index in [1.165, 1.54) is 31.2 Å². The van der Waals surface area contributed by atoms with Gasteiger partial charge in [-0.1, -0.05) is 0 Å². The summed E-state index contributed by atoms with van der Waals surface area (Å²) in [5.41, 5.74) is -0.788. The van der Waals surface area contributed by atoms with Crippen LogP contribution >= 0.6 is 11.6 Å². The zero-order valence-corrected chi connectivity index (χ0v) is 9.98. The second kappa shape index (κ2) is 4.62. The smallest absolute Gasteiger partial charge is 0.348 e. The molecule has 0 aliphatic rings. The van der Waals surface area contributed by atoms with Crippen molar-refractivity contribution in [3.05, 3.63) is 40.2 Å². The molecule has 0 bridgehead atoms. The highest BCUT2D eigenvalue weighted by Crippen LogP contribution is 2.21. The van der Waals surface area contributed by atoms with Gasteiger partial charge >= 0.3 is 11.6 Å². The summed E-state index contributed by atoms with van der Waals surface area (Å²) >= 11 is 5.25. The largest absolute Gasteiger partial charge is 0.427 e. The van der Waals surface area contributed by atoms with E-state index in [1.54, 1.807) is 0 Å². The Balaban J connectivity index is 2.61. The molecule has 0 saturated heterocycles.